The number of amides is 2. The van der Waals surface area contributed by atoms with E-state index in [1.165, 1.54) is 11.0 Å². The lowest BCUT2D eigenvalue weighted by atomic mass is 10.1. The van der Waals surface area contributed by atoms with Crippen LogP contribution in [0.3, 0.4) is 0 Å². The summed E-state index contributed by atoms with van der Waals surface area (Å²) in [5.74, 6) is -0.680. The SMILES string of the molecule is CCN(CC)C(=O)C1CC(=O)N(Cc2cccc(C(F)(F)F)c2)C1. The number of rotatable bonds is 5. The second kappa shape index (κ2) is 7.23. The van der Waals surface area contributed by atoms with Gasteiger partial charge in [0.05, 0.1) is 11.5 Å². The van der Waals surface area contributed by atoms with Crippen LogP contribution in [0, 0.1) is 5.92 Å². The zero-order valence-corrected chi connectivity index (χ0v) is 13.8. The van der Waals surface area contributed by atoms with E-state index >= 15 is 0 Å². The summed E-state index contributed by atoms with van der Waals surface area (Å²) in [6.45, 7) is 5.24. The average Bonchev–Trinajstić information content (AvgIpc) is 2.89. The van der Waals surface area contributed by atoms with Crippen LogP contribution in [-0.4, -0.2) is 41.2 Å². The van der Waals surface area contributed by atoms with Crippen molar-refractivity contribution in [2.75, 3.05) is 19.6 Å². The van der Waals surface area contributed by atoms with Gasteiger partial charge in [-0.1, -0.05) is 12.1 Å². The van der Waals surface area contributed by atoms with Crippen molar-refractivity contribution in [1.29, 1.82) is 0 Å². The maximum Gasteiger partial charge on any atom is 0.416 e. The van der Waals surface area contributed by atoms with Gasteiger partial charge in [0.25, 0.3) is 0 Å². The number of carbonyl (C=O) groups is 2. The van der Waals surface area contributed by atoms with E-state index in [1.807, 2.05) is 13.8 Å². The molecule has 2 rings (SSSR count). The highest BCUT2D eigenvalue weighted by Gasteiger charge is 2.36. The van der Waals surface area contributed by atoms with Crippen molar-refractivity contribution in [2.24, 2.45) is 5.92 Å². The Labute approximate surface area is 139 Å². The molecule has 1 aliphatic heterocycles. The van der Waals surface area contributed by atoms with Crippen LogP contribution in [0.5, 0.6) is 0 Å². The number of hydrogen-bond donors (Lipinski definition) is 0. The summed E-state index contributed by atoms with van der Waals surface area (Å²) in [6, 6.07) is 4.94. The molecule has 0 bridgehead atoms. The van der Waals surface area contributed by atoms with Crippen molar-refractivity contribution in [3.8, 4) is 0 Å². The largest absolute Gasteiger partial charge is 0.416 e. The van der Waals surface area contributed by atoms with Gasteiger partial charge >= 0.3 is 6.18 Å². The highest BCUT2D eigenvalue weighted by atomic mass is 19.4. The Bertz CT molecular complexity index is 612. The molecule has 0 spiro atoms. The Morgan fingerprint density at radius 2 is 1.96 bits per heavy atom. The average molecular weight is 342 g/mol. The fraction of sp³-hybridized carbons (Fsp3) is 0.529. The quantitative estimate of drug-likeness (QED) is 0.825. The van der Waals surface area contributed by atoms with Crippen LogP contribution in [0.2, 0.25) is 0 Å². The van der Waals surface area contributed by atoms with Crippen molar-refractivity contribution in [1.82, 2.24) is 9.80 Å². The second-order valence-corrected chi connectivity index (χ2v) is 5.88. The first-order valence-corrected chi connectivity index (χ1v) is 7.99. The van der Waals surface area contributed by atoms with Crippen LogP contribution < -0.4 is 0 Å². The lowest BCUT2D eigenvalue weighted by molar-refractivity contribution is -0.137. The molecular weight excluding hydrogens is 321 g/mol. The zero-order valence-electron chi connectivity index (χ0n) is 13.8. The van der Waals surface area contributed by atoms with Crippen molar-refractivity contribution in [3.05, 3.63) is 35.4 Å². The molecule has 24 heavy (non-hydrogen) atoms. The Kier molecular flexibility index (Phi) is 5.51. The zero-order chi connectivity index (χ0) is 17.9. The maximum atomic E-state index is 12.8. The molecule has 0 N–H and O–H groups in total. The lowest BCUT2D eigenvalue weighted by Gasteiger charge is -2.22. The van der Waals surface area contributed by atoms with E-state index in [0.29, 0.717) is 18.7 Å². The molecule has 132 valence electrons. The monoisotopic (exact) mass is 342 g/mol. The smallest absolute Gasteiger partial charge is 0.343 e. The molecule has 2 amide bonds. The number of nitrogens with zero attached hydrogens (tertiary/aromatic N) is 2. The molecule has 1 atom stereocenters. The molecule has 1 heterocycles. The van der Waals surface area contributed by atoms with Crippen LogP contribution in [-0.2, 0) is 22.3 Å². The lowest BCUT2D eigenvalue weighted by Crippen LogP contribution is -2.37. The van der Waals surface area contributed by atoms with Gasteiger partial charge in [-0.15, -0.1) is 0 Å². The molecule has 0 radical (unpaired) electrons. The number of alkyl halides is 3. The van der Waals surface area contributed by atoms with E-state index in [2.05, 4.69) is 0 Å². The predicted octanol–water partition coefficient (Wildman–Crippen LogP) is 2.92. The minimum atomic E-state index is -4.41. The van der Waals surface area contributed by atoms with E-state index in [1.54, 1.807) is 11.0 Å². The normalized spacial score (nSPS) is 18.1. The summed E-state index contributed by atoms with van der Waals surface area (Å²) in [5.41, 5.74) is -0.323. The van der Waals surface area contributed by atoms with Crippen molar-refractivity contribution >= 4 is 11.8 Å². The molecule has 1 aromatic carbocycles. The summed E-state index contributed by atoms with van der Waals surface area (Å²) >= 11 is 0. The molecule has 0 saturated carbocycles. The van der Waals surface area contributed by atoms with E-state index in [0.717, 1.165) is 12.1 Å². The molecule has 1 unspecified atom stereocenters. The minimum Gasteiger partial charge on any atom is -0.343 e. The van der Waals surface area contributed by atoms with Gasteiger partial charge in [-0.25, -0.2) is 0 Å². The van der Waals surface area contributed by atoms with Gasteiger partial charge in [-0.3, -0.25) is 9.59 Å². The van der Waals surface area contributed by atoms with Crippen molar-refractivity contribution in [3.63, 3.8) is 0 Å². The summed E-state index contributed by atoms with van der Waals surface area (Å²) < 4.78 is 38.3. The summed E-state index contributed by atoms with van der Waals surface area (Å²) in [6.07, 6.45) is -4.29. The van der Waals surface area contributed by atoms with E-state index < -0.39 is 17.7 Å². The number of hydrogen-bond acceptors (Lipinski definition) is 2. The van der Waals surface area contributed by atoms with Gasteiger partial charge in [0.2, 0.25) is 11.8 Å². The van der Waals surface area contributed by atoms with Gasteiger partial charge in [-0.2, -0.15) is 13.2 Å². The van der Waals surface area contributed by atoms with Gasteiger partial charge < -0.3 is 9.80 Å². The number of likely N-dealkylation sites (tertiary alicyclic amines) is 1. The van der Waals surface area contributed by atoms with Gasteiger partial charge in [0.15, 0.2) is 0 Å². The third-order valence-corrected chi connectivity index (χ3v) is 4.27. The molecular formula is C17H21F3N2O2. The Hall–Kier alpha value is -2.05. The van der Waals surface area contributed by atoms with Crippen LogP contribution in [0.15, 0.2) is 24.3 Å². The Morgan fingerprint density at radius 1 is 1.29 bits per heavy atom. The molecule has 0 aromatic heterocycles. The molecule has 7 heteroatoms. The van der Waals surface area contributed by atoms with E-state index in [9.17, 15) is 22.8 Å². The van der Waals surface area contributed by atoms with Gasteiger partial charge in [0, 0.05) is 32.6 Å². The summed E-state index contributed by atoms with van der Waals surface area (Å²) in [7, 11) is 0. The maximum absolute atomic E-state index is 12.8. The number of benzene rings is 1. The first-order chi connectivity index (χ1) is 11.3. The van der Waals surface area contributed by atoms with Gasteiger partial charge in [0.1, 0.15) is 0 Å². The van der Waals surface area contributed by atoms with Crippen LogP contribution >= 0.6 is 0 Å². The Balaban J connectivity index is 2.06. The van der Waals surface area contributed by atoms with Crippen LogP contribution in [0.25, 0.3) is 0 Å². The molecule has 4 nitrogen and oxygen atoms in total. The van der Waals surface area contributed by atoms with Crippen molar-refractivity contribution in [2.45, 2.75) is 33.0 Å². The van der Waals surface area contributed by atoms with Gasteiger partial charge in [-0.05, 0) is 31.5 Å². The highest BCUT2D eigenvalue weighted by Crippen LogP contribution is 2.30. The molecule has 0 aliphatic carbocycles. The number of halogens is 3. The first-order valence-electron chi connectivity index (χ1n) is 7.99. The third-order valence-electron chi connectivity index (χ3n) is 4.27. The Morgan fingerprint density at radius 3 is 2.54 bits per heavy atom. The highest BCUT2D eigenvalue weighted by molar-refractivity contribution is 5.89. The first kappa shape index (κ1) is 18.3. The van der Waals surface area contributed by atoms with Crippen LogP contribution in [0.1, 0.15) is 31.4 Å². The topological polar surface area (TPSA) is 40.6 Å². The van der Waals surface area contributed by atoms with Crippen LogP contribution in [0.4, 0.5) is 13.2 Å². The fourth-order valence-electron chi connectivity index (χ4n) is 2.95. The minimum absolute atomic E-state index is 0.0695. The second-order valence-electron chi connectivity index (χ2n) is 5.88. The fourth-order valence-corrected chi connectivity index (χ4v) is 2.95. The third kappa shape index (κ3) is 4.07. The van der Waals surface area contributed by atoms with E-state index in [4.69, 9.17) is 0 Å². The molecule has 1 aliphatic rings. The standard InChI is InChI=1S/C17H21F3N2O2/c1-3-21(4-2)16(24)13-9-15(23)22(11-13)10-12-6-5-7-14(8-12)17(18,19)20/h5-8,13H,3-4,9-11H2,1-2H3. The molecule has 1 aromatic rings. The number of carbonyl (C=O) groups excluding carboxylic acids is 2. The predicted molar refractivity (Wildman–Crippen MR) is 82.9 cm³/mol. The molecule has 1 fully saturated rings. The summed E-state index contributed by atoms with van der Waals surface area (Å²) in [5, 5.41) is 0. The molecule has 1 saturated heterocycles. The van der Waals surface area contributed by atoms with E-state index in [-0.39, 0.29) is 31.3 Å². The summed E-state index contributed by atoms with van der Waals surface area (Å²) in [4.78, 5) is 27.6. The van der Waals surface area contributed by atoms with Crippen molar-refractivity contribution < 1.29 is 22.8 Å².